The maximum absolute atomic E-state index is 12.9. The molecule has 0 saturated heterocycles. The highest BCUT2D eigenvalue weighted by Crippen LogP contribution is 2.29. The zero-order valence-electron chi connectivity index (χ0n) is 10.4. The minimum absolute atomic E-state index is 0.0501. The van der Waals surface area contributed by atoms with Crippen LogP contribution in [0.5, 0.6) is 0 Å². The molecule has 0 spiro atoms. The molecule has 19 heavy (non-hydrogen) atoms. The summed E-state index contributed by atoms with van der Waals surface area (Å²) in [5, 5.41) is 3.70. The van der Waals surface area contributed by atoms with E-state index in [1.54, 1.807) is 12.1 Å². The molecule has 1 N–H and O–H groups in total. The van der Waals surface area contributed by atoms with E-state index in [1.807, 2.05) is 6.92 Å². The van der Waals surface area contributed by atoms with Crippen LogP contribution >= 0.6 is 11.3 Å². The van der Waals surface area contributed by atoms with Crippen molar-refractivity contribution in [2.24, 2.45) is 0 Å². The normalized spacial score (nSPS) is 14.4. The van der Waals surface area contributed by atoms with Gasteiger partial charge in [0.15, 0.2) is 0 Å². The Labute approximate surface area is 114 Å². The Bertz CT molecular complexity index is 617. The van der Waals surface area contributed by atoms with E-state index in [9.17, 15) is 9.18 Å². The third-order valence-corrected chi connectivity index (χ3v) is 4.21. The topological polar surface area (TPSA) is 42.0 Å². The van der Waals surface area contributed by atoms with Crippen LogP contribution < -0.4 is 5.32 Å². The Morgan fingerprint density at radius 2 is 2.05 bits per heavy atom. The lowest BCUT2D eigenvalue weighted by Gasteiger charge is -1.99. The number of amides is 1. The van der Waals surface area contributed by atoms with Crippen molar-refractivity contribution in [3.63, 3.8) is 0 Å². The van der Waals surface area contributed by atoms with Crippen molar-refractivity contribution in [3.8, 4) is 10.6 Å². The van der Waals surface area contributed by atoms with Gasteiger partial charge < -0.3 is 5.32 Å². The highest BCUT2D eigenvalue weighted by atomic mass is 32.1. The van der Waals surface area contributed by atoms with Crippen molar-refractivity contribution >= 4 is 17.2 Å². The number of carbonyl (C=O) groups excluding carboxylic acids is 1. The highest BCUT2D eigenvalue weighted by Gasteiger charge is 2.26. The minimum Gasteiger partial charge on any atom is -0.349 e. The number of aromatic nitrogens is 1. The molecule has 0 atom stereocenters. The molecule has 0 bridgehead atoms. The van der Waals surface area contributed by atoms with E-state index in [1.165, 1.54) is 23.5 Å². The van der Waals surface area contributed by atoms with Crippen LogP contribution in [0, 0.1) is 12.7 Å². The van der Waals surface area contributed by atoms with E-state index in [-0.39, 0.29) is 11.7 Å². The Balaban J connectivity index is 1.87. The summed E-state index contributed by atoms with van der Waals surface area (Å²) in [6, 6.07) is 6.49. The van der Waals surface area contributed by atoms with Crippen molar-refractivity contribution in [1.29, 1.82) is 0 Å². The minimum atomic E-state index is -0.274. The lowest BCUT2D eigenvalue weighted by molar-refractivity contribution is 0.0954. The molecule has 0 aliphatic heterocycles. The second kappa shape index (κ2) is 4.74. The van der Waals surface area contributed by atoms with Crippen LogP contribution in [0.2, 0.25) is 0 Å². The molecule has 0 radical (unpaired) electrons. The monoisotopic (exact) mass is 276 g/mol. The zero-order valence-corrected chi connectivity index (χ0v) is 11.3. The van der Waals surface area contributed by atoms with Crippen LogP contribution in [0.15, 0.2) is 24.3 Å². The van der Waals surface area contributed by atoms with Crippen molar-refractivity contribution in [2.75, 3.05) is 0 Å². The predicted octanol–water partition coefficient (Wildman–Crippen LogP) is 3.15. The third-order valence-electron chi connectivity index (χ3n) is 3.01. The summed E-state index contributed by atoms with van der Waals surface area (Å²) in [5.41, 5.74) is 1.56. The number of rotatable bonds is 3. The molecule has 3 rings (SSSR count). The van der Waals surface area contributed by atoms with Crippen LogP contribution in [0.4, 0.5) is 4.39 Å². The van der Waals surface area contributed by atoms with Gasteiger partial charge in [-0.2, -0.15) is 0 Å². The van der Waals surface area contributed by atoms with Crippen LogP contribution in [0.25, 0.3) is 10.6 Å². The van der Waals surface area contributed by atoms with Gasteiger partial charge in [0, 0.05) is 11.6 Å². The van der Waals surface area contributed by atoms with Crippen LogP contribution in [-0.4, -0.2) is 16.9 Å². The van der Waals surface area contributed by atoms with Gasteiger partial charge in [-0.15, -0.1) is 11.3 Å². The van der Waals surface area contributed by atoms with Crippen molar-refractivity contribution in [2.45, 2.75) is 25.8 Å². The van der Waals surface area contributed by atoms with Crippen molar-refractivity contribution in [3.05, 3.63) is 40.7 Å². The average Bonchev–Trinajstić information content (AvgIpc) is 3.11. The molecule has 1 aromatic carbocycles. The number of aryl methyl sites for hydroxylation is 1. The van der Waals surface area contributed by atoms with Gasteiger partial charge in [-0.1, -0.05) is 0 Å². The Hall–Kier alpha value is -1.75. The molecule has 1 heterocycles. The van der Waals surface area contributed by atoms with E-state index in [2.05, 4.69) is 10.3 Å². The summed E-state index contributed by atoms with van der Waals surface area (Å²) < 4.78 is 12.9. The molecule has 1 aromatic heterocycles. The summed E-state index contributed by atoms with van der Waals surface area (Å²) in [6.07, 6.45) is 2.13. The van der Waals surface area contributed by atoms with Gasteiger partial charge >= 0.3 is 0 Å². The van der Waals surface area contributed by atoms with Gasteiger partial charge in [0.25, 0.3) is 5.91 Å². The standard InChI is InChI=1S/C14H13FN2OS/c1-8-12(13(18)17-11-6-7-11)19-14(16-8)9-2-4-10(15)5-3-9/h2-5,11H,6-7H2,1H3,(H,17,18). The first kappa shape index (κ1) is 12.3. The first-order valence-corrected chi connectivity index (χ1v) is 6.99. The molecule has 98 valence electrons. The molecule has 1 aliphatic carbocycles. The van der Waals surface area contributed by atoms with Crippen LogP contribution in [-0.2, 0) is 0 Å². The van der Waals surface area contributed by atoms with Gasteiger partial charge in [0.2, 0.25) is 0 Å². The summed E-state index contributed by atoms with van der Waals surface area (Å²) >= 11 is 1.35. The fourth-order valence-corrected chi connectivity index (χ4v) is 2.78. The SMILES string of the molecule is Cc1nc(-c2ccc(F)cc2)sc1C(=O)NC1CC1. The molecule has 1 aliphatic rings. The number of nitrogens with one attached hydrogen (secondary N) is 1. The molecule has 2 aromatic rings. The summed E-state index contributed by atoms with van der Waals surface area (Å²) in [5.74, 6) is -0.324. The largest absolute Gasteiger partial charge is 0.349 e. The maximum Gasteiger partial charge on any atom is 0.263 e. The van der Waals surface area contributed by atoms with Crippen LogP contribution in [0.1, 0.15) is 28.2 Å². The van der Waals surface area contributed by atoms with Gasteiger partial charge in [0.05, 0.1) is 5.69 Å². The predicted molar refractivity (Wildman–Crippen MR) is 72.7 cm³/mol. The van der Waals surface area contributed by atoms with Gasteiger partial charge in [-0.05, 0) is 44.0 Å². The number of hydrogen-bond donors (Lipinski definition) is 1. The molecule has 0 unspecified atom stereocenters. The number of benzene rings is 1. The number of hydrogen-bond acceptors (Lipinski definition) is 3. The van der Waals surface area contributed by atoms with Gasteiger partial charge in [-0.3, -0.25) is 4.79 Å². The number of thiazole rings is 1. The van der Waals surface area contributed by atoms with E-state index >= 15 is 0 Å². The Morgan fingerprint density at radius 3 is 2.68 bits per heavy atom. The number of nitrogens with zero attached hydrogens (tertiary/aromatic N) is 1. The maximum atomic E-state index is 12.9. The lowest BCUT2D eigenvalue weighted by atomic mass is 10.2. The highest BCUT2D eigenvalue weighted by molar-refractivity contribution is 7.17. The lowest BCUT2D eigenvalue weighted by Crippen LogP contribution is -2.25. The fourth-order valence-electron chi connectivity index (χ4n) is 1.80. The molecule has 1 saturated carbocycles. The second-order valence-electron chi connectivity index (χ2n) is 4.69. The van der Waals surface area contributed by atoms with Gasteiger partial charge in [0.1, 0.15) is 15.7 Å². The zero-order chi connectivity index (χ0) is 13.4. The van der Waals surface area contributed by atoms with E-state index in [0.717, 1.165) is 29.1 Å². The second-order valence-corrected chi connectivity index (χ2v) is 5.69. The summed E-state index contributed by atoms with van der Waals surface area (Å²) in [7, 11) is 0. The number of carbonyl (C=O) groups is 1. The van der Waals surface area contributed by atoms with E-state index in [0.29, 0.717) is 10.9 Å². The first-order valence-electron chi connectivity index (χ1n) is 6.18. The molecule has 3 nitrogen and oxygen atoms in total. The van der Waals surface area contributed by atoms with Crippen molar-refractivity contribution < 1.29 is 9.18 Å². The van der Waals surface area contributed by atoms with Crippen molar-refractivity contribution in [1.82, 2.24) is 10.3 Å². The summed E-state index contributed by atoms with van der Waals surface area (Å²) in [6.45, 7) is 1.82. The Morgan fingerprint density at radius 1 is 1.37 bits per heavy atom. The fraction of sp³-hybridized carbons (Fsp3) is 0.286. The smallest absolute Gasteiger partial charge is 0.263 e. The molecular weight excluding hydrogens is 263 g/mol. The molecule has 1 fully saturated rings. The van der Waals surface area contributed by atoms with E-state index < -0.39 is 0 Å². The first-order chi connectivity index (χ1) is 9.13. The Kier molecular flexibility index (Phi) is 3.06. The summed E-state index contributed by atoms with van der Waals surface area (Å²) in [4.78, 5) is 17.1. The van der Waals surface area contributed by atoms with E-state index in [4.69, 9.17) is 0 Å². The molecule has 1 amide bonds. The van der Waals surface area contributed by atoms with Crippen LogP contribution in [0.3, 0.4) is 0 Å². The number of halogens is 1. The quantitative estimate of drug-likeness (QED) is 0.935. The average molecular weight is 276 g/mol. The molecular formula is C14H13FN2OS. The molecule has 5 heteroatoms. The third kappa shape index (κ3) is 2.66. The van der Waals surface area contributed by atoms with Gasteiger partial charge in [-0.25, -0.2) is 9.37 Å².